The fraction of sp³-hybridized carbons (Fsp3) is 0.348. The molecule has 0 heterocycles. The lowest BCUT2D eigenvalue weighted by atomic mass is 9.87. The molecule has 0 spiro atoms. The van der Waals surface area contributed by atoms with Crippen molar-refractivity contribution in [1.29, 1.82) is 0 Å². The van der Waals surface area contributed by atoms with Gasteiger partial charge in [-0.3, -0.25) is 14.4 Å². The lowest BCUT2D eigenvalue weighted by molar-refractivity contribution is -0.120. The summed E-state index contributed by atoms with van der Waals surface area (Å²) in [5, 5.41) is 8.21. The Balaban J connectivity index is 1.63. The average Bonchev–Trinajstić information content (AvgIpc) is 2.71. The molecule has 154 valence electrons. The smallest absolute Gasteiger partial charge is 0.251 e. The number of rotatable bonds is 8. The van der Waals surface area contributed by atoms with Crippen molar-refractivity contribution in [1.82, 2.24) is 16.0 Å². The molecule has 0 saturated heterocycles. The third kappa shape index (κ3) is 7.41. The molecule has 0 bridgehead atoms. The number of hydrogen-bond donors (Lipinski definition) is 3. The van der Waals surface area contributed by atoms with Gasteiger partial charge in [0.1, 0.15) is 0 Å². The SMILES string of the molecule is CC(C)(C)c1ccc(C(=O)NCCC(=O)NCCNC(=O)c2ccccc2)cc1. The summed E-state index contributed by atoms with van der Waals surface area (Å²) < 4.78 is 0. The minimum atomic E-state index is -0.201. The summed E-state index contributed by atoms with van der Waals surface area (Å²) in [7, 11) is 0. The van der Waals surface area contributed by atoms with Gasteiger partial charge in [0.05, 0.1) is 0 Å². The van der Waals surface area contributed by atoms with Crippen molar-refractivity contribution < 1.29 is 14.4 Å². The molecule has 0 radical (unpaired) electrons. The second-order valence-electron chi connectivity index (χ2n) is 7.81. The van der Waals surface area contributed by atoms with E-state index in [4.69, 9.17) is 0 Å². The van der Waals surface area contributed by atoms with Crippen LogP contribution < -0.4 is 16.0 Å². The molecule has 0 fully saturated rings. The molecule has 29 heavy (non-hydrogen) atoms. The molecule has 2 rings (SSSR count). The van der Waals surface area contributed by atoms with Crippen LogP contribution in [0.5, 0.6) is 0 Å². The van der Waals surface area contributed by atoms with Crippen LogP contribution in [0, 0.1) is 0 Å². The van der Waals surface area contributed by atoms with Crippen molar-refractivity contribution in [3.05, 3.63) is 71.3 Å². The lowest BCUT2D eigenvalue weighted by Gasteiger charge is -2.19. The fourth-order valence-electron chi connectivity index (χ4n) is 2.67. The number of carbonyl (C=O) groups is 3. The van der Waals surface area contributed by atoms with E-state index in [0.29, 0.717) is 24.2 Å². The Bertz CT molecular complexity index is 825. The molecule has 0 aromatic heterocycles. The van der Waals surface area contributed by atoms with Gasteiger partial charge in [-0.2, -0.15) is 0 Å². The van der Waals surface area contributed by atoms with Gasteiger partial charge >= 0.3 is 0 Å². The largest absolute Gasteiger partial charge is 0.354 e. The fourth-order valence-corrected chi connectivity index (χ4v) is 2.67. The zero-order valence-corrected chi connectivity index (χ0v) is 17.2. The maximum absolute atomic E-state index is 12.2. The number of benzene rings is 2. The van der Waals surface area contributed by atoms with E-state index in [1.807, 2.05) is 18.2 Å². The molecule has 6 heteroatoms. The molecule has 2 aromatic carbocycles. The minimum absolute atomic E-state index is 0.0354. The van der Waals surface area contributed by atoms with Gasteiger partial charge in [-0.05, 0) is 35.2 Å². The Morgan fingerprint density at radius 1 is 0.690 bits per heavy atom. The first kappa shape index (κ1) is 22.1. The first-order chi connectivity index (χ1) is 13.8. The van der Waals surface area contributed by atoms with Gasteiger partial charge in [0.25, 0.3) is 11.8 Å². The van der Waals surface area contributed by atoms with Crippen LogP contribution in [-0.4, -0.2) is 37.4 Å². The first-order valence-electron chi connectivity index (χ1n) is 9.76. The lowest BCUT2D eigenvalue weighted by Crippen LogP contribution is -2.36. The van der Waals surface area contributed by atoms with Gasteiger partial charge in [0, 0.05) is 37.2 Å². The van der Waals surface area contributed by atoms with Crippen LogP contribution in [0.4, 0.5) is 0 Å². The molecule has 0 atom stereocenters. The summed E-state index contributed by atoms with van der Waals surface area (Å²) in [4.78, 5) is 35.9. The maximum Gasteiger partial charge on any atom is 0.251 e. The highest BCUT2D eigenvalue weighted by atomic mass is 16.2. The van der Waals surface area contributed by atoms with Crippen LogP contribution in [-0.2, 0) is 10.2 Å². The predicted octanol–water partition coefficient (Wildman–Crippen LogP) is 2.65. The summed E-state index contributed by atoms with van der Waals surface area (Å²) in [6, 6.07) is 16.4. The molecule has 3 N–H and O–H groups in total. The standard InChI is InChI=1S/C23H29N3O3/c1-23(2,3)19-11-9-18(10-12-19)22(29)25-14-13-20(27)24-15-16-26-21(28)17-7-5-4-6-8-17/h4-12H,13-16H2,1-3H3,(H,24,27)(H,25,29)(H,26,28). The van der Waals surface area contributed by atoms with E-state index in [1.165, 1.54) is 0 Å². The van der Waals surface area contributed by atoms with Gasteiger partial charge in [0.15, 0.2) is 0 Å². The van der Waals surface area contributed by atoms with Crippen LogP contribution in [0.15, 0.2) is 54.6 Å². The second-order valence-corrected chi connectivity index (χ2v) is 7.81. The van der Waals surface area contributed by atoms with Crippen molar-refractivity contribution >= 4 is 17.7 Å². The highest BCUT2D eigenvalue weighted by molar-refractivity contribution is 5.94. The molecule has 0 aliphatic rings. The number of hydrogen-bond acceptors (Lipinski definition) is 3. The van der Waals surface area contributed by atoms with Gasteiger partial charge in [-0.25, -0.2) is 0 Å². The highest BCUT2D eigenvalue weighted by Crippen LogP contribution is 2.22. The van der Waals surface area contributed by atoms with E-state index in [0.717, 1.165) is 5.56 Å². The zero-order chi connectivity index (χ0) is 21.3. The van der Waals surface area contributed by atoms with E-state index in [2.05, 4.69) is 36.7 Å². The summed E-state index contributed by atoms with van der Waals surface area (Å²) in [5.74, 6) is -0.555. The molecular formula is C23H29N3O3. The normalized spacial score (nSPS) is 10.9. The molecule has 0 aliphatic carbocycles. The van der Waals surface area contributed by atoms with Gasteiger partial charge in [-0.1, -0.05) is 51.1 Å². The monoisotopic (exact) mass is 395 g/mol. The molecular weight excluding hydrogens is 366 g/mol. The topological polar surface area (TPSA) is 87.3 Å². The third-order valence-electron chi connectivity index (χ3n) is 4.42. The van der Waals surface area contributed by atoms with Crippen LogP contribution in [0.25, 0.3) is 0 Å². The van der Waals surface area contributed by atoms with E-state index in [1.54, 1.807) is 36.4 Å². The Labute approximate surface area is 172 Å². The zero-order valence-electron chi connectivity index (χ0n) is 17.2. The maximum atomic E-state index is 12.2. The summed E-state index contributed by atoms with van der Waals surface area (Å²) in [6.45, 7) is 7.28. The molecule has 0 unspecified atom stereocenters. The van der Waals surface area contributed by atoms with Crippen molar-refractivity contribution in [2.75, 3.05) is 19.6 Å². The summed E-state index contributed by atoms with van der Waals surface area (Å²) in [6.07, 6.45) is 0.179. The summed E-state index contributed by atoms with van der Waals surface area (Å²) in [5.41, 5.74) is 2.35. The number of nitrogens with one attached hydrogen (secondary N) is 3. The molecule has 2 aromatic rings. The van der Waals surface area contributed by atoms with Crippen molar-refractivity contribution in [2.45, 2.75) is 32.6 Å². The molecule has 6 nitrogen and oxygen atoms in total. The van der Waals surface area contributed by atoms with E-state index in [-0.39, 0.29) is 36.1 Å². The van der Waals surface area contributed by atoms with Gasteiger partial charge in [0.2, 0.25) is 5.91 Å². The third-order valence-corrected chi connectivity index (χ3v) is 4.42. The van der Waals surface area contributed by atoms with Gasteiger partial charge in [-0.15, -0.1) is 0 Å². The highest BCUT2D eigenvalue weighted by Gasteiger charge is 2.14. The Morgan fingerprint density at radius 3 is 1.79 bits per heavy atom. The van der Waals surface area contributed by atoms with Crippen LogP contribution >= 0.6 is 0 Å². The van der Waals surface area contributed by atoms with Crippen molar-refractivity contribution in [3.8, 4) is 0 Å². The Kier molecular flexibility index (Phi) is 7.95. The average molecular weight is 396 g/mol. The van der Waals surface area contributed by atoms with Crippen LogP contribution in [0.3, 0.4) is 0 Å². The number of carbonyl (C=O) groups excluding carboxylic acids is 3. The molecule has 0 saturated carbocycles. The first-order valence-corrected chi connectivity index (χ1v) is 9.76. The Hall–Kier alpha value is -3.15. The van der Waals surface area contributed by atoms with E-state index in [9.17, 15) is 14.4 Å². The van der Waals surface area contributed by atoms with E-state index >= 15 is 0 Å². The van der Waals surface area contributed by atoms with E-state index < -0.39 is 0 Å². The quantitative estimate of drug-likeness (QED) is 0.601. The van der Waals surface area contributed by atoms with Crippen molar-refractivity contribution in [3.63, 3.8) is 0 Å². The molecule has 3 amide bonds. The molecule has 0 aliphatic heterocycles. The second kappa shape index (κ2) is 10.4. The predicted molar refractivity (Wildman–Crippen MR) is 114 cm³/mol. The minimum Gasteiger partial charge on any atom is -0.354 e. The summed E-state index contributed by atoms with van der Waals surface area (Å²) >= 11 is 0. The van der Waals surface area contributed by atoms with Crippen LogP contribution in [0.1, 0.15) is 53.5 Å². The van der Waals surface area contributed by atoms with Crippen molar-refractivity contribution in [2.24, 2.45) is 0 Å². The Morgan fingerprint density at radius 2 is 1.21 bits per heavy atom. The van der Waals surface area contributed by atoms with Gasteiger partial charge < -0.3 is 16.0 Å². The number of amides is 3. The van der Waals surface area contributed by atoms with Crippen LogP contribution in [0.2, 0.25) is 0 Å².